The van der Waals surface area contributed by atoms with Crippen molar-refractivity contribution in [2.45, 2.75) is 53.2 Å². The average Bonchev–Trinajstić information content (AvgIpc) is 2.52. The highest BCUT2D eigenvalue weighted by Gasteiger charge is 2.16. The summed E-state index contributed by atoms with van der Waals surface area (Å²) < 4.78 is 11.1. The molecule has 0 spiro atoms. The summed E-state index contributed by atoms with van der Waals surface area (Å²) in [6, 6.07) is 6.12. The van der Waals surface area contributed by atoms with Crippen LogP contribution in [0.25, 0.3) is 0 Å². The molecule has 0 amide bonds. The lowest BCUT2D eigenvalue weighted by molar-refractivity contribution is -0.153. The number of aryl methyl sites for hydroxylation is 1. The Morgan fingerprint density at radius 3 is 2.50 bits per heavy atom. The Morgan fingerprint density at radius 2 is 1.92 bits per heavy atom. The van der Waals surface area contributed by atoms with E-state index < -0.39 is 5.60 Å². The Hall–Kier alpha value is -1.51. The highest BCUT2D eigenvalue weighted by atomic mass is 127. The van der Waals surface area contributed by atoms with E-state index in [9.17, 15) is 4.79 Å². The normalized spacial score (nSPS) is 11.4. The van der Waals surface area contributed by atoms with Gasteiger partial charge in [0.05, 0.1) is 6.61 Å². The van der Waals surface area contributed by atoms with Crippen LogP contribution in [0.5, 0.6) is 5.75 Å². The van der Waals surface area contributed by atoms with Crippen LogP contribution in [0.2, 0.25) is 0 Å². The van der Waals surface area contributed by atoms with Gasteiger partial charge < -0.3 is 20.1 Å². The minimum atomic E-state index is -0.497. The second-order valence-corrected chi connectivity index (χ2v) is 6.83. The number of carbonyl (C=O) groups excluding carboxylic acids is 1. The van der Waals surface area contributed by atoms with Crippen molar-refractivity contribution in [1.82, 2.24) is 10.6 Å². The maximum Gasteiger partial charge on any atom is 0.325 e. The zero-order valence-corrected chi connectivity index (χ0v) is 19.0. The predicted octanol–water partition coefficient (Wildman–Crippen LogP) is 3.41. The number of carbonyl (C=O) groups is 1. The number of guanidine groups is 1. The molecule has 148 valence electrons. The predicted molar refractivity (Wildman–Crippen MR) is 116 cm³/mol. The number of nitrogens with one attached hydrogen (secondary N) is 2. The third kappa shape index (κ3) is 9.84. The molecule has 26 heavy (non-hydrogen) atoms. The molecule has 0 fully saturated rings. The van der Waals surface area contributed by atoms with Crippen molar-refractivity contribution in [3.63, 3.8) is 0 Å². The minimum absolute atomic E-state index is 0. The summed E-state index contributed by atoms with van der Waals surface area (Å²) in [7, 11) is 1.66. The lowest BCUT2D eigenvalue weighted by Crippen LogP contribution is -2.41. The van der Waals surface area contributed by atoms with Gasteiger partial charge in [-0.2, -0.15) is 0 Å². The van der Waals surface area contributed by atoms with Crippen LogP contribution in [-0.2, 0) is 16.1 Å². The number of nitrogens with zero attached hydrogens (tertiary/aromatic N) is 1. The van der Waals surface area contributed by atoms with Gasteiger partial charge in [0.1, 0.15) is 17.9 Å². The first kappa shape index (κ1) is 24.5. The fourth-order valence-electron chi connectivity index (χ4n) is 2.09. The van der Waals surface area contributed by atoms with Gasteiger partial charge in [0.2, 0.25) is 0 Å². The Balaban J connectivity index is 0.00000625. The first-order valence-electron chi connectivity index (χ1n) is 8.64. The molecule has 0 aliphatic heterocycles. The lowest BCUT2D eigenvalue weighted by Gasteiger charge is -2.20. The van der Waals surface area contributed by atoms with E-state index in [2.05, 4.69) is 22.5 Å². The van der Waals surface area contributed by atoms with Crippen LogP contribution in [0.15, 0.2) is 23.2 Å². The Morgan fingerprint density at radius 1 is 1.23 bits per heavy atom. The molecule has 2 N–H and O–H groups in total. The molecule has 0 aliphatic rings. The SMILES string of the molecule is CCCOc1cc(C)ccc1CNC(=NC)NCC(=O)OC(C)(C)C.I. The van der Waals surface area contributed by atoms with Crippen LogP contribution >= 0.6 is 24.0 Å². The van der Waals surface area contributed by atoms with Crippen molar-refractivity contribution in [1.29, 1.82) is 0 Å². The molecule has 0 bridgehead atoms. The zero-order valence-electron chi connectivity index (χ0n) is 16.6. The summed E-state index contributed by atoms with van der Waals surface area (Å²) in [5, 5.41) is 6.15. The van der Waals surface area contributed by atoms with Gasteiger partial charge in [-0.05, 0) is 45.7 Å². The number of aliphatic imine (C=N–C) groups is 1. The molecule has 0 radical (unpaired) electrons. The van der Waals surface area contributed by atoms with Crippen LogP contribution in [-0.4, -0.2) is 37.7 Å². The van der Waals surface area contributed by atoms with Crippen LogP contribution in [0.3, 0.4) is 0 Å². The summed E-state index contributed by atoms with van der Waals surface area (Å²) in [6.45, 7) is 10.9. The number of esters is 1. The summed E-state index contributed by atoms with van der Waals surface area (Å²) in [6.07, 6.45) is 0.958. The highest BCUT2D eigenvalue weighted by Crippen LogP contribution is 2.20. The zero-order chi connectivity index (χ0) is 18.9. The van der Waals surface area contributed by atoms with Gasteiger partial charge >= 0.3 is 5.97 Å². The number of benzene rings is 1. The molecule has 0 aliphatic carbocycles. The van der Waals surface area contributed by atoms with Crippen LogP contribution in [0.1, 0.15) is 45.2 Å². The van der Waals surface area contributed by atoms with E-state index in [1.807, 2.05) is 45.9 Å². The van der Waals surface area contributed by atoms with E-state index >= 15 is 0 Å². The summed E-state index contributed by atoms with van der Waals surface area (Å²) >= 11 is 0. The Bertz CT molecular complexity index is 598. The monoisotopic (exact) mass is 477 g/mol. The van der Waals surface area contributed by atoms with E-state index in [-0.39, 0.29) is 36.5 Å². The van der Waals surface area contributed by atoms with Crippen molar-refractivity contribution in [2.24, 2.45) is 4.99 Å². The number of rotatable bonds is 7. The molecule has 0 saturated heterocycles. The first-order valence-corrected chi connectivity index (χ1v) is 8.64. The van der Waals surface area contributed by atoms with E-state index in [1.54, 1.807) is 7.05 Å². The van der Waals surface area contributed by atoms with Crippen molar-refractivity contribution in [2.75, 3.05) is 20.2 Å². The molecule has 0 heterocycles. The second kappa shape index (κ2) is 12.0. The van der Waals surface area contributed by atoms with E-state index in [0.29, 0.717) is 19.1 Å². The van der Waals surface area contributed by atoms with Gasteiger partial charge in [-0.1, -0.05) is 19.1 Å². The van der Waals surface area contributed by atoms with Gasteiger partial charge in [-0.25, -0.2) is 0 Å². The Kier molecular flexibility index (Phi) is 11.3. The molecule has 1 rings (SSSR count). The average molecular weight is 477 g/mol. The fourth-order valence-corrected chi connectivity index (χ4v) is 2.09. The van der Waals surface area contributed by atoms with E-state index in [4.69, 9.17) is 9.47 Å². The number of hydrogen-bond acceptors (Lipinski definition) is 4. The first-order chi connectivity index (χ1) is 11.7. The molecule has 7 heteroatoms. The number of hydrogen-bond donors (Lipinski definition) is 2. The maximum atomic E-state index is 11.8. The summed E-state index contributed by atoms with van der Waals surface area (Å²) in [5.41, 5.74) is 1.70. The molecule has 0 aromatic heterocycles. The van der Waals surface area contributed by atoms with E-state index in [0.717, 1.165) is 23.3 Å². The van der Waals surface area contributed by atoms with Gasteiger partial charge in [0.15, 0.2) is 5.96 Å². The fraction of sp³-hybridized carbons (Fsp3) is 0.579. The van der Waals surface area contributed by atoms with Crippen molar-refractivity contribution in [3.8, 4) is 5.75 Å². The van der Waals surface area contributed by atoms with Crippen molar-refractivity contribution < 1.29 is 14.3 Å². The number of halogens is 1. The van der Waals surface area contributed by atoms with Crippen molar-refractivity contribution in [3.05, 3.63) is 29.3 Å². The molecule has 0 atom stereocenters. The highest BCUT2D eigenvalue weighted by molar-refractivity contribution is 14.0. The second-order valence-electron chi connectivity index (χ2n) is 6.83. The maximum absolute atomic E-state index is 11.8. The molecule has 0 saturated carbocycles. The largest absolute Gasteiger partial charge is 0.493 e. The third-order valence-electron chi connectivity index (χ3n) is 3.17. The smallest absolute Gasteiger partial charge is 0.325 e. The number of ether oxygens (including phenoxy) is 2. The van der Waals surface area contributed by atoms with Crippen molar-refractivity contribution >= 4 is 35.9 Å². The van der Waals surface area contributed by atoms with Crippen LogP contribution in [0, 0.1) is 6.92 Å². The third-order valence-corrected chi connectivity index (χ3v) is 3.17. The molecule has 6 nitrogen and oxygen atoms in total. The quantitative estimate of drug-likeness (QED) is 0.273. The molecular formula is C19H32IN3O3. The van der Waals surface area contributed by atoms with Gasteiger partial charge in [-0.3, -0.25) is 9.79 Å². The molecule has 1 aromatic rings. The molecular weight excluding hydrogens is 445 g/mol. The van der Waals surface area contributed by atoms with Crippen LogP contribution in [0.4, 0.5) is 0 Å². The van der Waals surface area contributed by atoms with Crippen LogP contribution < -0.4 is 15.4 Å². The van der Waals surface area contributed by atoms with Gasteiger partial charge in [-0.15, -0.1) is 24.0 Å². The summed E-state index contributed by atoms with van der Waals surface area (Å²) in [4.78, 5) is 15.9. The standard InChI is InChI=1S/C19H31N3O3.HI/c1-7-10-24-16-11-14(2)8-9-15(16)12-21-18(20-6)22-13-17(23)25-19(3,4)5;/h8-9,11H,7,10,12-13H2,1-6H3,(H2,20,21,22);1H. The lowest BCUT2D eigenvalue weighted by atomic mass is 10.1. The molecule has 0 unspecified atom stereocenters. The molecule has 1 aromatic carbocycles. The van der Waals surface area contributed by atoms with Gasteiger partial charge in [0, 0.05) is 19.2 Å². The Labute approximate surface area is 174 Å². The topological polar surface area (TPSA) is 72.0 Å². The minimum Gasteiger partial charge on any atom is -0.493 e. The summed E-state index contributed by atoms with van der Waals surface area (Å²) in [5.74, 6) is 1.09. The van der Waals surface area contributed by atoms with E-state index in [1.165, 1.54) is 0 Å². The van der Waals surface area contributed by atoms with Gasteiger partial charge in [0.25, 0.3) is 0 Å².